The van der Waals surface area contributed by atoms with Gasteiger partial charge in [-0.1, -0.05) is 34.1 Å². The number of hydrogen-bond acceptors (Lipinski definition) is 4. The van der Waals surface area contributed by atoms with E-state index in [4.69, 9.17) is 9.97 Å². The maximum absolute atomic E-state index is 13.1. The van der Waals surface area contributed by atoms with Crippen LogP contribution in [-0.4, -0.2) is 36.0 Å². The van der Waals surface area contributed by atoms with E-state index < -0.39 is 0 Å². The first-order chi connectivity index (χ1) is 12.1. The molecule has 0 saturated heterocycles. The number of carbonyl (C=O) groups excluding carboxylic acids is 1. The topological polar surface area (TPSA) is 49.3 Å². The Morgan fingerprint density at radius 2 is 1.72 bits per heavy atom. The van der Waals surface area contributed by atoms with Gasteiger partial charge in [0.15, 0.2) is 11.6 Å². The Hall–Kier alpha value is -2.47. The highest BCUT2D eigenvalue weighted by Crippen LogP contribution is 2.31. The van der Waals surface area contributed by atoms with Crippen molar-refractivity contribution in [2.24, 2.45) is 0 Å². The van der Waals surface area contributed by atoms with Gasteiger partial charge in [-0.25, -0.2) is 9.97 Å². The summed E-state index contributed by atoms with van der Waals surface area (Å²) in [5.41, 5.74) is 2.27. The maximum Gasteiger partial charge on any atom is 0.259 e. The molecule has 0 fully saturated rings. The van der Waals surface area contributed by atoms with Gasteiger partial charge in [0.1, 0.15) is 0 Å². The number of amides is 1. The normalized spacial score (nSPS) is 14.3. The third-order valence-electron chi connectivity index (χ3n) is 4.34. The molecule has 1 aliphatic heterocycles. The second-order valence-corrected chi connectivity index (χ2v) is 7.02. The van der Waals surface area contributed by atoms with E-state index in [1.54, 1.807) is 4.90 Å². The zero-order valence-electron chi connectivity index (χ0n) is 13.8. The molecular weight excluding hydrogens is 380 g/mol. The smallest absolute Gasteiger partial charge is 0.259 e. The minimum Gasteiger partial charge on any atom is -0.357 e. The summed E-state index contributed by atoms with van der Waals surface area (Å²) < 4.78 is 0.884. The van der Waals surface area contributed by atoms with Crippen LogP contribution in [0.3, 0.4) is 0 Å². The summed E-state index contributed by atoms with van der Waals surface area (Å²) in [6.45, 7) is 1.46. The van der Waals surface area contributed by atoms with Gasteiger partial charge >= 0.3 is 0 Å². The molecule has 0 aliphatic carbocycles. The number of benzene rings is 2. The van der Waals surface area contributed by atoms with E-state index in [0.29, 0.717) is 17.9 Å². The fraction of sp³-hybridized carbons (Fsp3) is 0.211. The van der Waals surface area contributed by atoms with Crippen molar-refractivity contribution >= 4 is 44.5 Å². The minimum atomic E-state index is -0.0533. The molecule has 126 valence electrons. The highest BCUT2D eigenvalue weighted by Gasteiger charge is 2.27. The molecule has 0 saturated carbocycles. The van der Waals surface area contributed by atoms with Crippen LogP contribution in [0, 0.1) is 0 Å². The van der Waals surface area contributed by atoms with Crippen molar-refractivity contribution in [3.05, 3.63) is 58.6 Å². The number of nitrogens with zero attached hydrogens (tertiary/aromatic N) is 4. The molecule has 3 aromatic rings. The molecule has 5 nitrogen and oxygen atoms in total. The summed E-state index contributed by atoms with van der Waals surface area (Å²) in [6, 6.07) is 15.2. The van der Waals surface area contributed by atoms with Crippen LogP contribution in [0.2, 0.25) is 0 Å². The number of rotatable bonds is 1. The van der Waals surface area contributed by atoms with Gasteiger partial charge in [0.05, 0.1) is 11.0 Å². The molecular formula is C19H17BrN4O. The highest BCUT2D eigenvalue weighted by atomic mass is 79.9. The zero-order chi connectivity index (χ0) is 17.4. The molecule has 1 amide bonds. The second-order valence-electron chi connectivity index (χ2n) is 6.10. The van der Waals surface area contributed by atoms with E-state index in [1.165, 1.54) is 0 Å². The molecule has 2 heterocycles. The van der Waals surface area contributed by atoms with Crippen LogP contribution in [0.4, 0.5) is 11.6 Å². The molecule has 0 atom stereocenters. The van der Waals surface area contributed by atoms with E-state index >= 15 is 0 Å². The standard InChI is InChI=1S/C19H17BrN4O/c1-23-10-5-11-24(19(25)13-6-4-7-14(20)12-13)18-17(23)21-15-8-2-3-9-16(15)22-18/h2-4,6-9,12H,5,10-11H2,1H3. The van der Waals surface area contributed by atoms with Crippen molar-refractivity contribution in [3.63, 3.8) is 0 Å². The number of anilines is 2. The molecule has 6 heteroatoms. The Kier molecular flexibility index (Phi) is 4.13. The Balaban J connectivity index is 1.85. The number of hydrogen-bond donors (Lipinski definition) is 0. The van der Waals surface area contributed by atoms with Gasteiger partial charge in [-0.2, -0.15) is 0 Å². The van der Waals surface area contributed by atoms with Crippen molar-refractivity contribution < 1.29 is 4.79 Å². The van der Waals surface area contributed by atoms with Gasteiger partial charge in [0, 0.05) is 30.2 Å². The molecule has 0 radical (unpaired) electrons. The summed E-state index contributed by atoms with van der Waals surface area (Å²) in [5.74, 6) is 1.32. The first kappa shape index (κ1) is 16.0. The number of fused-ring (bicyclic) bond motifs is 2. The van der Waals surface area contributed by atoms with Gasteiger partial charge in [-0.05, 0) is 36.8 Å². The average molecular weight is 397 g/mol. The largest absolute Gasteiger partial charge is 0.357 e. The minimum absolute atomic E-state index is 0.0533. The number of aromatic nitrogens is 2. The third kappa shape index (κ3) is 2.98. The Bertz CT molecular complexity index is 959. The average Bonchev–Trinajstić information content (AvgIpc) is 2.78. The van der Waals surface area contributed by atoms with Crippen LogP contribution >= 0.6 is 15.9 Å². The molecule has 0 N–H and O–H groups in total. The van der Waals surface area contributed by atoms with Crippen LogP contribution in [0.25, 0.3) is 11.0 Å². The van der Waals surface area contributed by atoms with Crippen molar-refractivity contribution in [1.82, 2.24) is 9.97 Å². The van der Waals surface area contributed by atoms with Gasteiger partial charge in [0.25, 0.3) is 5.91 Å². The molecule has 0 spiro atoms. The van der Waals surface area contributed by atoms with Crippen LogP contribution in [-0.2, 0) is 0 Å². The van der Waals surface area contributed by atoms with Gasteiger partial charge < -0.3 is 4.90 Å². The predicted octanol–water partition coefficient (Wildman–Crippen LogP) is 3.88. The number of para-hydroxylation sites is 2. The van der Waals surface area contributed by atoms with Gasteiger partial charge in [0.2, 0.25) is 0 Å². The molecule has 2 aromatic carbocycles. The van der Waals surface area contributed by atoms with Crippen molar-refractivity contribution in [1.29, 1.82) is 0 Å². The molecule has 1 aromatic heterocycles. The first-order valence-electron chi connectivity index (χ1n) is 8.19. The van der Waals surface area contributed by atoms with E-state index in [2.05, 4.69) is 20.8 Å². The first-order valence-corrected chi connectivity index (χ1v) is 8.98. The zero-order valence-corrected chi connectivity index (χ0v) is 15.4. The van der Waals surface area contributed by atoms with Crippen LogP contribution in [0.5, 0.6) is 0 Å². The molecule has 25 heavy (non-hydrogen) atoms. The van der Waals surface area contributed by atoms with E-state index in [-0.39, 0.29) is 5.91 Å². The monoisotopic (exact) mass is 396 g/mol. The lowest BCUT2D eigenvalue weighted by Crippen LogP contribution is -2.32. The van der Waals surface area contributed by atoms with Crippen molar-refractivity contribution in [2.75, 3.05) is 29.9 Å². The van der Waals surface area contributed by atoms with Gasteiger partial charge in [-0.15, -0.1) is 0 Å². The third-order valence-corrected chi connectivity index (χ3v) is 4.84. The fourth-order valence-corrected chi connectivity index (χ4v) is 3.47. The second kappa shape index (κ2) is 6.44. The summed E-state index contributed by atoms with van der Waals surface area (Å²) in [6.07, 6.45) is 0.866. The molecule has 0 bridgehead atoms. The van der Waals surface area contributed by atoms with Crippen LogP contribution in [0.15, 0.2) is 53.0 Å². The maximum atomic E-state index is 13.1. The summed E-state index contributed by atoms with van der Waals surface area (Å²) in [4.78, 5) is 26.5. The van der Waals surface area contributed by atoms with Crippen molar-refractivity contribution in [2.45, 2.75) is 6.42 Å². The Morgan fingerprint density at radius 3 is 2.44 bits per heavy atom. The molecule has 0 unspecified atom stereocenters. The Labute approximate surface area is 154 Å². The lowest BCUT2D eigenvalue weighted by atomic mass is 10.2. The van der Waals surface area contributed by atoms with E-state index in [1.807, 2.05) is 55.6 Å². The quantitative estimate of drug-likeness (QED) is 0.626. The SMILES string of the molecule is CN1CCCN(C(=O)c2cccc(Br)c2)c2nc3ccccc3nc21. The van der Waals surface area contributed by atoms with Crippen molar-refractivity contribution in [3.8, 4) is 0 Å². The predicted molar refractivity (Wildman–Crippen MR) is 103 cm³/mol. The summed E-state index contributed by atoms with van der Waals surface area (Å²) in [7, 11) is 2.00. The van der Waals surface area contributed by atoms with Crippen LogP contribution in [0.1, 0.15) is 16.8 Å². The number of halogens is 1. The lowest BCUT2D eigenvalue weighted by molar-refractivity contribution is 0.0986. The van der Waals surface area contributed by atoms with Gasteiger partial charge in [-0.3, -0.25) is 9.69 Å². The highest BCUT2D eigenvalue weighted by molar-refractivity contribution is 9.10. The summed E-state index contributed by atoms with van der Waals surface area (Å²) >= 11 is 3.44. The summed E-state index contributed by atoms with van der Waals surface area (Å²) in [5, 5.41) is 0. The molecule has 1 aliphatic rings. The van der Waals surface area contributed by atoms with E-state index in [0.717, 1.165) is 34.3 Å². The number of carbonyl (C=O) groups is 1. The Morgan fingerprint density at radius 1 is 1.00 bits per heavy atom. The molecule has 4 rings (SSSR count). The fourth-order valence-electron chi connectivity index (χ4n) is 3.07. The van der Waals surface area contributed by atoms with Crippen LogP contribution < -0.4 is 9.80 Å². The van der Waals surface area contributed by atoms with E-state index in [9.17, 15) is 4.79 Å². The lowest BCUT2D eigenvalue weighted by Gasteiger charge is -2.23.